The third-order valence-corrected chi connectivity index (χ3v) is 5.18. The predicted molar refractivity (Wildman–Crippen MR) is 62.3 cm³/mol. The maximum absolute atomic E-state index is 2.28. The van der Waals surface area contributed by atoms with Crippen LogP contribution in [0.15, 0.2) is 0 Å². The minimum absolute atomic E-state index is 0.987. The minimum atomic E-state index is 0.987. The Morgan fingerprint density at radius 1 is 1.17 bits per heavy atom. The van der Waals surface area contributed by atoms with Crippen LogP contribution in [0.1, 0.15) is 39.0 Å². The molecular weight excluding hydrogens is 184 g/mol. The molecule has 0 aromatic heterocycles. The van der Waals surface area contributed by atoms with E-state index < -0.39 is 0 Å². The summed E-state index contributed by atoms with van der Waals surface area (Å²) in [6.45, 7) is 2.28. The first kappa shape index (κ1) is 10.8. The van der Waals surface area contributed by atoms with Crippen LogP contribution in [-0.2, 0) is 0 Å². The molecule has 0 spiro atoms. The van der Waals surface area contributed by atoms with E-state index in [-0.39, 0.29) is 0 Å². The van der Waals surface area contributed by atoms with Crippen LogP contribution in [0.5, 0.6) is 0 Å². The lowest BCUT2D eigenvalue weighted by atomic mass is 10.1. The molecule has 1 fully saturated rings. The van der Waals surface area contributed by atoms with E-state index in [4.69, 9.17) is 0 Å². The number of hydrogen-bond donors (Lipinski definition) is 0. The second-order valence-corrected chi connectivity index (χ2v) is 5.98. The van der Waals surface area contributed by atoms with E-state index in [0.717, 1.165) is 5.25 Å². The highest BCUT2D eigenvalue weighted by Gasteiger charge is 2.12. The molecule has 1 rings (SSSR count). The van der Waals surface area contributed by atoms with Gasteiger partial charge in [0.2, 0.25) is 0 Å². The van der Waals surface area contributed by atoms with Crippen molar-refractivity contribution in [1.29, 1.82) is 0 Å². The lowest BCUT2D eigenvalue weighted by Gasteiger charge is -2.20. The van der Waals surface area contributed by atoms with Crippen LogP contribution in [0.4, 0.5) is 0 Å². The lowest BCUT2D eigenvalue weighted by molar-refractivity contribution is 0.632. The number of thioether (sulfide) groups is 2. The van der Waals surface area contributed by atoms with Crippen LogP contribution in [0.3, 0.4) is 0 Å². The first-order valence-electron chi connectivity index (χ1n) is 5.13. The third-order valence-electron chi connectivity index (χ3n) is 2.26. The molecule has 1 saturated heterocycles. The van der Waals surface area contributed by atoms with E-state index in [0.29, 0.717) is 0 Å². The van der Waals surface area contributed by atoms with E-state index in [1.807, 2.05) is 0 Å². The van der Waals surface area contributed by atoms with Crippen LogP contribution >= 0.6 is 23.5 Å². The van der Waals surface area contributed by atoms with E-state index in [9.17, 15) is 0 Å². The molecule has 0 aliphatic carbocycles. The van der Waals surface area contributed by atoms with Crippen molar-refractivity contribution < 1.29 is 0 Å². The summed E-state index contributed by atoms with van der Waals surface area (Å²) < 4.78 is 0. The third kappa shape index (κ3) is 4.66. The zero-order valence-corrected chi connectivity index (χ0v) is 9.68. The normalized spacial score (nSPS) is 24.2. The monoisotopic (exact) mass is 204 g/mol. The number of rotatable bonds is 5. The molecular formula is C10H20S2. The Hall–Kier alpha value is 0.700. The van der Waals surface area contributed by atoms with Crippen LogP contribution in [0.25, 0.3) is 0 Å². The summed E-state index contributed by atoms with van der Waals surface area (Å²) in [7, 11) is 0. The first-order valence-corrected chi connectivity index (χ1v) is 7.33. The Kier molecular flexibility index (Phi) is 6.41. The van der Waals surface area contributed by atoms with Gasteiger partial charge in [0, 0.05) is 22.5 Å². The van der Waals surface area contributed by atoms with Crippen LogP contribution < -0.4 is 0 Å². The summed E-state index contributed by atoms with van der Waals surface area (Å²) in [5.41, 5.74) is 0. The van der Waals surface area contributed by atoms with Gasteiger partial charge in [-0.1, -0.05) is 32.6 Å². The number of unbranched alkanes of at least 4 members (excludes halogenated alkanes) is 3. The van der Waals surface area contributed by atoms with Gasteiger partial charge < -0.3 is 0 Å². The fourth-order valence-corrected chi connectivity index (χ4v) is 4.29. The molecule has 72 valence electrons. The molecule has 1 aliphatic heterocycles. The molecule has 12 heavy (non-hydrogen) atoms. The average Bonchev–Trinajstić information content (AvgIpc) is 2.14. The molecule has 1 atom stereocenters. The maximum Gasteiger partial charge on any atom is 0.0138 e. The van der Waals surface area contributed by atoms with Gasteiger partial charge in [-0.05, 0) is 6.42 Å². The molecule has 0 nitrogen and oxygen atoms in total. The van der Waals surface area contributed by atoms with Gasteiger partial charge in [0.1, 0.15) is 0 Å². The van der Waals surface area contributed by atoms with Crippen molar-refractivity contribution in [1.82, 2.24) is 0 Å². The highest BCUT2D eigenvalue weighted by atomic mass is 32.2. The van der Waals surface area contributed by atoms with E-state index in [1.165, 1.54) is 49.4 Å². The molecule has 0 amide bonds. The fraction of sp³-hybridized carbons (Fsp3) is 1.00. The van der Waals surface area contributed by atoms with Crippen molar-refractivity contribution in [3.63, 3.8) is 0 Å². The van der Waals surface area contributed by atoms with Crippen molar-refractivity contribution in [3.05, 3.63) is 0 Å². The number of hydrogen-bond acceptors (Lipinski definition) is 2. The minimum Gasteiger partial charge on any atom is -0.160 e. The maximum atomic E-state index is 2.28. The fourth-order valence-electron chi connectivity index (χ4n) is 1.50. The van der Waals surface area contributed by atoms with Crippen LogP contribution in [0.2, 0.25) is 0 Å². The van der Waals surface area contributed by atoms with Gasteiger partial charge in [-0.2, -0.15) is 23.5 Å². The van der Waals surface area contributed by atoms with Gasteiger partial charge >= 0.3 is 0 Å². The van der Waals surface area contributed by atoms with Gasteiger partial charge in [-0.25, -0.2) is 0 Å². The smallest absolute Gasteiger partial charge is 0.0138 e. The van der Waals surface area contributed by atoms with Gasteiger partial charge in [0.25, 0.3) is 0 Å². The van der Waals surface area contributed by atoms with Gasteiger partial charge in [-0.15, -0.1) is 0 Å². The molecule has 1 aliphatic rings. The summed E-state index contributed by atoms with van der Waals surface area (Å²) in [5, 5.41) is 0.987. The molecule has 0 saturated carbocycles. The summed E-state index contributed by atoms with van der Waals surface area (Å²) in [4.78, 5) is 0. The second kappa shape index (κ2) is 7.14. The van der Waals surface area contributed by atoms with E-state index >= 15 is 0 Å². The van der Waals surface area contributed by atoms with Crippen molar-refractivity contribution in [2.75, 3.05) is 17.3 Å². The summed E-state index contributed by atoms with van der Waals surface area (Å²) in [5.74, 6) is 4.19. The van der Waals surface area contributed by atoms with Crippen molar-refractivity contribution in [3.8, 4) is 0 Å². The van der Waals surface area contributed by atoms with E-state index in [2.05, 4.69) is 30.4 Å². The molecule has 0 aromatic carbocycles. The van der Waals surface area contributed by atoms with Gasteiger partial charge in [-0.3, -0.25) is 0 Å². The van der Waals surface area contributed by atoms with Gasteiger partial charge in [0.15, 0.2) is 0 Å². The lowest BCUT2D eigenvalue weighted by Crippen LogP contribution is -2.13. The molecule has 2 heteroatoms. The Balaban J connectivity index is 1.91. The molecule has 0 bridgehead atoms. The first-order chi connectivity index (χ1) is 5.93. The van der Waals surface area contributed by atoms with Gasteiger partial charge in [0.05, 0.1) is 0 Å². The Labute approximate surface area is 85.3 Å². The average molecular weight is 204 g/mol. The Morgan fingerprint density at radius 3 is 2.75 bits per heavy atom. The second-order valence-electron chi connectivity index (χ2n) is 3.42. The van der Waals surface area contributed by atoms with Crippen molar-refractivity contribution in [2.45, 2.75) is 44.3 Å². The zero-order chi connectivity index (χ0) is 8.65. The van der Waals surface area contributed by atoms with Crippen LogP contribution in [-0.4, -0.2) is 22.5 Å². The molecule has 0 unspecified atom stereocenters. The standard InChI is InChI=1S/C10H20S2/c1-2-3-4-5-6-10-9-11-7-8-12-10/h10H,2-9H2,1H3/t10-/m1/s1. The largest absolute Gasteiger partial charge is 0.160 e. The topological polar surface area (TPSA) is 0 Å². The Morgan fingerprint density at radius 2 is 2.08 bits per heavy atom. The summed E-state index contributed by atoms with van der Waals surface area (Å²) in [6, 6.07) is 0. The molecule has 0 N–H and O–H groups in total. The summed E-state index contributed by atoms with van der Waals surface area (Å²) in [6.07, 6.45) is 7.19. The molecule has 1 heterocycles. The van der Waals surface area contributed by atoms with Crippen molar-refractivity contribution in [2.24, 2.45) is 0 Å². The highest BCUT2D eigenvalue weighted by molar-refractivity contribution is 8.06. The van der Waals surface area contributed by atoms with E-state index in [1.54, 1.807) is 0 Å². The summed E-state index contributed by atoms with van der Waals surface area (Å²) >= 11 is 4.35. The molecule has 0 aromatic rings. The van der Waals surface area contributed by atoms with Crippen LogP contribution in [0, 0.1) is 0 Å². The molecule has 0 radical (unpaired) electrons. The predicted octanol–water partition coefficient (Wildman–Crippen LogP) is 3.81. The van der Waals surface area contributed by atoms with Crippen molar-refractivity contribution >= 4 is 23.5 Å². The quantitative estimate of drug-likeness (QED) is 0.625. The highest BCUT2D eigenvalue weighted by Crippen LogP contribution is 2.27. The SMILES string of the molecule is CCCCCC[C@@H]1CSCCS1. The Bertz CT molecular complexity index is 98.0. The zero-order valence-electron chi connectivity index (χ0n) is 8.05.